The molecular weight excluding hydrogens is 260 g/mol. The molecule has 0 bridgehead atoms. The molecule has 2 fully saturated rings. The minimum absolute atomic E-state index is 0.664. The Bertz CT molecular complexity index is 414. The van der Waals surface area contributed by atoms with E-state index in [0.717, 1.165) is 19.0 Å². The average Bonchev–Trinajstić information content (AvgIpc) is 3.19. The summed E-state index contributed by atoms with van der Waals surface area (Å²) in [7, 11) is 0. The zero-order valence-electron chi connectivity index (χ0n) is 13.4. The molecule has 1 aromatic rings. The first-order valence-electron chi connectivity index (χ1n) is 8.82. The van der Waals surface area contributed by atoms with Gasteiger partial charge in [-0.05, 0) is 63.8 Å². The van der Waals surface area contributed by atoms with Gasteiger partial charge in [-0.1, -0.05) is 19.8 Å². The SMILES string of the molecule is CCN1CCC(CNCc2ccn(C3CCCC3)n2)CC1. The summed E-state index contributed by atoms with van der Waals surface area (Å²) in [6.07, 6.45) is 10.2. The van der Waals surface area contributed by atoms with Crippen LogP contribution in [0.2, 0.25) is 0 Å². The van der Waals surface area contributed by atoms with Crippen molar-refractivity contribution in [3.05, 3.63) is 18.0 Å². The van der Waals surface area contributed by atoms with E-state index in [1.807, 2.05) is 0 Å². The van der Waals surface area contributed by atoms with E-state index in [0.29, 0.717) is 6.04 Å². The molecule has 4 heteroatoms. The molecule has 118 valence electrons. The Morgan fingerprint density at radius 3 is 2.67 bits per heavy atom. The van der Waals surface area contributed by atoms with Crippen LogP contribution in [0, 0.1) is 5.92 Å². The molecule has 3 rings (SSSR count). The topological polar surface area (TPSA) is 33.1 Å². The summed E-state index contributed by atoms with van der Waals surface area (Å²) < 4.78 is 2.20. The summed E-state index contributed by atoms with van der Waals surface area (Å²) in [5.41, 5.74) is 1.20. The van der Waals surface area contributed by atoms with Crippen LogP contribution < -0.4 is 5.32 Å². The number of aromatic nitrogens is 2. The second-order valence-electron chi connectivity index (χ2n) is 6.73. The van der Waals surface area contributed by atoms with E-state index >= 15 is 0 Å². The van der Waals surface area contributed by atoms with E-state index in [-0.39, 0.29) is 0 Å². The van der Waals surface area contributed by atoms with Crippen molar-refractivity contribution in [1.29, 1.82) is 0 Å². The molecule has 0 aromatic carbocycles. The van der Waals surface area contributed by atoms with Crippen molar-refractivity contribution in [2.75, 3.05) is 26.2 Å². The molecule has 2 aliphatic rings. The summed E-state index contributed by atoms with van der Waals surface area (Å²) in [4.78, 5) is 2.56. The number of likely N-dealkylation sites (tertiary alicyclic amines) is 1. The van der Waals surface area contributed by atoms with Crippen LogP contribution in [0.1, 0.15) is 57.2 Å². The first-order chi connectivity index (χ1) is 10.3. The van der Waals surface area contributed by atoms with E-state index in [4.69, 9.17) is 5.10 Å². The Balaban J connectivity index is 1.37. The van der Waals surface area contributed by atoms with Crippen molar-refractivity contribution in [1.82, 2.24) is 20.0 Å². The van der Waals surface area contributed by atoms with Gasteiger partial charge in [0.15, 0.2) is 0 Å². The Morgan fingerprint density at radius 2 is 1.95 bits per heavy atom. The molecule has 1 aliphatic carbocycles. The zero-order chi connectivity index (χ0) is 14.5. The lowest BCUT2D eigenvalue weighted by Gasteiger charge is -2.31. The minimum atomic E-state index is 0.664. The van der Waals surface area contributed by atoms with Crippen LogP contribution in [0.15, 0.2) is 12.3 Å². The fourth-order valence-electron chi connectivity index (χ4n) is 3.75. The largest absolute Gasteiger partial charge is 0.311 e. The van der Waals surface area contributed by atoms with Gasteiger partial charge >= 0.3 is 0 Å². The number of piperidine rings is 1. The standard InChI is InChI=1S/C17H30N4/c1-2-20-10-7-15(8-11-20)13-18-14-16-9-12-21(19-16)17-5-3-4-6-17/h9,12,15,17-18H,2-8,10-11,13-14H2,1H3. The molecule has 4 nitrogen and oxygen atoms in total. The molecule has 2 heterocycles. The molecule has 0 radical (unpaired) electrons. The predicted molar refractivity (Wildman–Crippen MR) is 86.3 cm³/mol. The van der Waals surface area contributed by atoms with Crippen LogP contribution in [0.5, 0.6) is 0 Å². The number of rotatable bonds is 6. The maximum absolute atomic E-state index is 4.75. The molecule has 0 spiro atoms. The zero-order valence-corrected chi connectivity index (χ0v) is 13.4. The van der Waals surface area contributed by atoms with E-state index in [1.54, 1.807) is 0 Å². The highest BCUT2D eigenvalue weighted by Crippen LogP contribution is 2.28. The first kappa shape index (κ1) is 15.0. The number of hydrogen-bond donors (Lipinski definition) is 1. The summed E-state index contributed by atoms with van der Waals surface area (Å²) in [6.45, 7) is 8.10. The van der Waals surface area contributed by atoms with E-state index < -0.39 is 0 Å². The predicted octanol–water partition coefficient (Wildman–Crippen LogP) is 2.82. The van der Waals surface area contributed by atoms with Crippen molar-refractivity contribution < 1.29 is 0 Å². The van der Waals surface area contributed by atoms with Crippen LogP contribution in [-0.2, 0) is 6.54 Å². The number of nitrogens with zero attached hydrogens (tertiary/aromatic N) is 3. The third-order valence-electron chi connectivity index (χ3n) is 5.26. The Hall–Kier alpha value is -0.870. The Morgan fingerprint density at radius 1 is 1.19 bits per heavy atom. The first-order valence-corrected chi connectivity index (χ1v) is 8.82. The molecule has 0 unspecified atom stereocenters. The molecule has 1 aromatic heterocycles. The third kappa shape index (κ3) is 4.07. The van der Waals surface area contributed by atoms with Gasteiger partial charge in [-0.15, -0.1) is 0 Å². The second kappa shape index (κ2) is 7.41. The summed E-state index contributed by atoms with van der Waals surface area (Å²) in [5, 5.41) is 8.36. The van der Waals surface area contributed by atoms with Gasteiger partial charge in [-0.2, -0.15) is 5.10 Å². The van der Waals surface area contributed by atoms with Crippen LogP contribution in [-0.4, -0.2) is 40.9 Å². The molecule has 1 saturated heterocycles. The molecule has 1 N–H and O–H groups in total. The lowest BCUT2D eigenvalue weighted by Crippen LogP contribution is -2.37. The molecule has 0 atom stereocenters. The van der Waals surface area contributed by atoms with Gasteiger partial charge in [0.05, 0.1) is 11.7 Å². The highest BCUT2D eigenvalue weighted by Gasteiger charge is 2.19. The number of hydrogen-bond acceptors (Lipinski definition) is 3. The van der Waals surface area contributed by atoms with Gasteiger partial charge in [0.25, 0.3) is 0 Å². The lowest BCUT2D eigenvalue weighted by molar-refractivity contribution is 0.190. The van der Waals surface area contributed by atoms with Gasteiger partial charge in [0, 0.05) is 12.7 Å². The van der Waals surface area contributed by atoms with Crippen LogP contribution in [0.3, 0.4) is 0 Å². The fourth-order valence-corrected chi connectivity index (χ4v) is 3.75. The van der Waals surface area contributed by atoms with Crippen LogP contribution in [0.4, 0.5) is 0 Å². The van der Waals surface area contributed by atoms with Crippen LogP contribution >= 0.6 is 0 Å². The summed E-state index contributed by atoms with van der Waals surface area (Å²) in [6, 6.07) is 2.85. The summed E-state index contributed by atoms with van der Waals surface area (Å²) >= 11 is 0. The Labute approximate surface area is 128 Å². The van der Waals surface area contributed by atoms with Crippen molar-refractivity contribution >= 4 is 0 Å². The highest BCUT2D eigenvalue weighted by atomic mass is 15.3. The average molecular weight is 290 g/mol. The monoisotopic (exact) mass is 290 g/mol. The van der Waals surface area contributed by atoms with Crippen molar-refractivity contribution in [2.45, 2.75) is 58.0 Å². The maximum Gasteiger partial charge on any atom is 0.0762 e. The van der Waals surface area contributed by atoms with E-state index in [1.165, 1.54) is 63.9 Å². The second-order valence-corrected chi connectivity index (χ2v) is 6.73. The lowest BCUT2D eigenvalue weighted by atomic mass is 9.97. The van der Waals surface area contributed by atoms with Crippen LogP contribution in [0.25, 0.3) is 0 Å². The Kier molecular flexibility index (Phi) is 5.31. The van der Waals surface area contributed by atoms with E-state index in [9.17, 15) is 0 Å². The minimum Gasteiger partial charge on any atom is -0.311 e. The normalized spacial score (nSPS) is 22.1. The van der Waals surface area contributed by atoms with Gasteiger partial charge < -0.3 is 10.2 Å². The van der Waals surface area contributed by atoms with Crippen molar-refractivity contribution in [2.24, 2.45) is 5.92 Å². The number of nitrogens with one attached hydrogen (secondary N) is 1. The van der Waals surface area contributed by atoms with Crippen molar-refractivity contribution in [3.8, 4) is 0 Å². The molecule has 0 amide bonds. The molecule has 1 saturated carbocycles. The fraction of sp³-hybridized carbons (Fsp3) is 0.824. The van der Waals surface area contributed by atoms with Gasteiger partial charge in [0.2, 0.25) is 0 Å². The molecular formula is C17H30N4. The van der Waals surface area contributed by atoms with E-state index in [2.05, 4.69) is 34.1 Å². The highest BCUT2D eigenvalue weighted by molar-refractivity contribution is 5.00. The quantitative estimate of drug-likeness (QED) is 0.874. The van der Waals surface area contributed by atoms with Gasteiger partial charge in [-0.25, -0.2) is 0 Å². The van der Waals surface area contributed by atoms with Gasteiger partial charge in [-0.3, -0.25) is 4.68 Å². The summed E-state index contributed by atoms with van der Waals surface area (Å²) in [5.74, 6) is 0.852. The third-order valence-corrected chi connectivity index (χ3v) is 5.26. The molecule has 1 aliphatic heterocycles. The molecule has 21 heavy (non-hydrogen) atoms. The smallest absolute Gasteiger partial charge is 0.0762 e. The maximum atomic E-state index is 4.75. The van der Waals surface area contributed by atoms with Crippen molar-refractivity contribution in [3.63, 3.8) is 0 Å². The van der Waals surface area contributed by atoms with Gasteiger partial charge in [0.1, 0.15) is 0 Å².